The molecule has 0 aliphatic heterocycles. The van der Waals surface area contributed by atoms with E-state index in [1.807, 2.05) is 42.5 Å². The van der Waals surface area contributed by atoms with E-state index in [-0.39, 0.29) is 42.8 Å². The molecule has 1 amide bonds. The minimum absolute atomic E-state index is 0. The Morgan fingerprint density at radius 3 is 2.27 bits per heavy atom. The van der Waals surface area contributed by atoms with Gasteiger partial charge in [0.1, 0.15) is 6.61 Å². The molecule has 3 aromatic carbocycles. The Balaban J connectivity index is 0.00000272. The predicted octanol–water partition coefficient (Wildman–Crippen LogP) is 6.06. The van der Waals surface area contributed by atoms with Gasteiger partial charge < -0.3 is 22.1 Å². The first-order chi connectivity index (χ1) is 14.6. The van der Waals surface area contributed by atoms with Crippen LogP contribution < -0.4 is 12.3 Å². The average molecular weight is 516 g/mol. The molecule has 0 heterocycles. The summed E-state index contributed by atoms with van der Waals surface area (Å²) in [6.45, 7) is 1.49. The summed E-state index contributed by atoms with van der Waals surface area (Å²) in [6.07, 6.45) is -0.0143. The summed E-state index contributed by atoms with van der Waals surface area (Å²) in [5, 5.41) is 3.77. The molecule has 0 aliphatic carbocycles. The van der Waals surface area contributed by atoms with Crippen LogP contribution in [-0.2, 0) is 20.8 Å². The lowest BCUT2D eigenvalue weighted by Gasteiger charge is -2.25. The molecule has 0 radical (unpaired) electrons. The van der Waals surface area contributed by atoms with Crippen molar-refractivity contribution >= 4 is 47.5 Å². The molecule has 180 valence electrons. The highest BCUT2D eigenvalue weighted by atomic mass is 35.5. The molecule has 8 N–H and O–H groups in total. The summed E-state index contributed by atoms with van der Waals surface area (Å²) in [5.74, 6) is -0.362. The van der Waals surface area contributed by atoms with Crippen molar-refractivity contribution in [1.82, 2.24) is 17.4 Å². The number of hydroxylamine groups is 2. The van der Waals surface area contributed by atoms with E-state index in [1.54, 1.807) is 0 Å². The van der Waals surface area contributed by atoms with Gasteiger partial charge in [0.25, 0.3) is 0 Å². The molecule has 0 spiro atoms. The first-order valence-electron chi connectivity index (χ1n) is 9.54. The van der Waals surface area contributed by atoms with Gasteiger partial charge in [0, 0.05) is 13.5 Å². The monoisotopic (exact) mass is 515 g/mol. The van der Waals surface area contributed by atoms with Crippen LogP contribution in [0.2, 0.25) is 10.0 Å². The fourth-order valence-corrected chi connectivity index (χ4v) is 4.59. The Kier molecular flexibility index (Phi) is 11.0. The van der Waals surface area contributed by atoms with E-state index in [0.29, 0.717) is 10.6 Å². The standard InChI is InChI=1S/C22H22Cl2NO5P.2H3N/c1-15(26)25(30-14-16-6-7-17-4-2-3-5-18(17)12-16)11-10-22(31(27,28)29)19-8-9-20(23)21(24)13-19;;/h2-9,12-13,22H,10-11,14H2,1H3,(H2,27,28,29);2*1H3. The normalized spacial score (nSPS) is 11.9. The molecule has 1 unspecified atom stereocenters. The number of fused-ring (bicyclic) bond motifs is 1. The van der Waals surface area contributed by atoms with Crippen LogP contribution in [0, 0.1) is 0 Å². The fourth-order valence-electron chi connectivity index (χ4n) is 3.28. The van der Waals surface area contributed by atoms with Gasteiger partial charge in [-0.15, -0.1) is 0 Å². The third-order valence-electron chi connectivity index (χ3n) is 4.89. The van der Waals surface area contributed by atoms with Gasteiger partial charge in [-0.25, -0.2) is 5.06 Å². The van der Waals surface area contributed by atoms with Crippen molar-refractivity contribution in [2.24, 2.45) is 0 Å². The molecule has 33 heavy (non-hydrogen) atoms. The van der Waals surface area contributed by atoms with Crippen molar-refractivity contribution in [3.8, 4) is 0 Å². The quantitative estimate of drug-likeness (QED) is 0.209. The van der Waals surface area contributed by atoms with Crippen molar-refractivity contribution in [2.75, 3.05) is 6.54 Å². The maximum absolute atomic E-state index is 12.1. The van der Waals surface area contributed by atoms with Crippen molar-refractivity contribution in [3.05, 3.63) is 81.8 Å². The van der Waals surface area contributed by atoms with E-state index in [9.17, 15) is 19.1 Å². The number of halogens is 2. The van der Waals surface area contributed by atoms with Crippen LogP contribution in [0.4, 0.5) is 0 Å². The number of hydrogen-bond acceptors (Lipinski definition) is 5. The summed E-state index contributed by atoms with van der Waals surface area (Å²) >= 11 is 11.9. The lowest BCUT2D eigenvalue weighted by atomic mass is 10.1. The molecule has 0 fully saturated rings. The van der Waals surface area contributed by atoms with E-state index in [4.69, 9.17) is 28.0 Å². The molecular formula is C22H28Cl2N3O5P. The highest BCUT2D eigenvalue weighted by Crippen LogP contribution is 2.54. The molecule has 0 saturated carbocycles. The van der Waals surface area contributed by atoms with Gasteiger partial charge in [-0.05, 0) is 46.5 Å². The SMILES string of the molecule is CC(=O)N(CCC(c1ccc(Cl)c(Cl)c1)P(=O)(O)O)OCc1ccc2ccccc2c1.N.N. The van der Waals surface area contributed by atoms with Crippen LogP contribution in [0.1, 0.15) is 30.1 Å². The maximum atomic E-state index is 12.1. The molecule has 0 saturated heterocycles. The average Bonchev–Trinajstić information content (AvgIpc) is 2.71. The van der Waals surface area contributed by atoms with Gasteiger partial charge in [-0.1, -0.05) is 65.7 Å². The molecular weight excluding hydrogens is 488 g/mol. The van der Waals surface area contributed by atoms with Crippen LogP contribution in [0.3, 0.4) is 0 Å². The molecule has 3 aromatic rings. The number of hydrogen-bond donors (Lipinski definition) is 4. The van der Waals surface area contributed by atoms with Crippen molar-refractivity contribution in [1.29, 1.82) is 0 Å². The Labute approximate surface area is 202 Å². The Hall–Kier alpha value is -2.00. The number of carbonyl (C=O) groups is 1. The number of amides is 1. The highest BCUT2D eigenvalue weighted by molar-refractivity contribution is 7.52. The van der Waals surface area contributed by atoms with Gasteiger partial charge in [0.15, 0.2) is 0 Å². The molecule has 3 rings (SSSR count). The third kappa shape index (κ3) is 7.78. The lowest BCUT2D eigenvalue weighted by molar-refractivity contribution is -0.189. The van der Waals surface area contributed by atoms with Crippen molar-refractivity contribution < 1.29 is 24.0 Å². The van der Waals surface area contributed by atoms with Gasteiger partial charge in [-0.2, -0.15) is 0 Å². The van der Waals surface area contributed by atoms with Gasteiger partial charge in [0.05, 0.1) is 15.7 Å². The lowest BCUT2D eigenvalue weighted by Crippen LogP contribution is -2.30. The van der Waals surface area contributed by atoms with E-state index in [2.05, 4.69) is 0 Å². The topological polar surface area (TPSA) is 157 Å². The predicted molar refractivity (Wildman–Crippen MR) is 132 cm³/mol. The van der Waals surface area contributed by atoms with Gasteiger partial charge in [0.2, 0.25) is 5.91 Å². The number of rotatable bonds is 8. The Morgan fingerprint density at radius 2 is 1.67 bits per heavy atom. The van der Waals surface area contributed by atoms with E-state index in [1.165, 1.54) is 25.1 Å². The van der Waals surface area contributed by atoms with Crippen LogP contribution in [0.25, 0.3) is 10.8 Å². The highest BCUT2D eigenvalue weighted by Gasteiger charge is 2.31. The molecule has 11 heteroatoms. The van der Waals surface area contributed by atoms with E-state index in [0.717, 1.165) is 21.4 Å². The smallest absolute Gasteiger partial charge is 0.333 e. The fraction of sp³-hybridized carbons (Fsp3) is 0.227. The third-order valence-corrected chi connectivity index (χ3v) is 7.00. The first kappa shape index (κ1) is 29.0. The second-order valence-corrected chi connectivity index (χ2v) is 9.76. The summed E-state index contributed by atoms with van der Waals surface area (Å²) in [7, 11) is -4.52. The summed E-state index contributed by atoms with van der Waals surface area (Å²) in [6, 6.07) is 18.2. The van der Waals surface area contributed by atoms with Crippen molar-refractivity contribution in [2.45, 2.75) is 25.6 Å². The molecule has 1 atom stereocenters. The zero-order valence-corrected chi connectivity index (χ0v) is 20.6. The second-order valence-electron chi connectivity index (χ2n) is 7.14. The van der Waals surface area contributed by atoms with E-state index < -0.39 is 13.3 Å². The molecule has 0 aromatic heterocycles. The summed E-state index contributed by atoms with van der Waals surface area (Å²) in [4.78, 5) is 37.4. The molecule has 8 nitrogen and oxygen atoms in total. The van der Waals surface area contributed by atoms with Gasteiger partial charge in [-0.3, -0.25) is 14.2 Å². The van der Waals surface area contributed by atoms with Crippen LogP contribution in [0.5, 0.6) is 0 Å². The Bertz CT molecular complexity index is 1140. The zero-order chi connectivity index (χ0) is 22.6. The van der Waals surface area contributed by atoms with Crippen LogP contribution in [-0.4, -0.2) is 27.3 Å². The number of nitrogens with zero attached hydrogens (tertiary/aromatic N) is 1. The van der Waals surface area contributed by atoms with Crippen LogP contribution >= 0.6 is 30.8 Å². The largest absolute Gasteiger partial charge is 0.344 e. The number of benzene rings is 3. The van der Waals surface area contributed by atoms with Crippen LogP contribution in [0.15, 0.2) is 60.7 Å². The first-order valence-corrected chi connectivity index (χ1v) is 12.0. The maximum Gasteiger partial charge on any atom is 0.333 e. The molecule has 0 aliphatic rings. The van der Waals surface area contributed by atoms with Gasteiger partial charge >= 0.3 is 7.60 Å². The van der Waals surface area contributed by atoms with E-state index >= 15 is 0 Å². The summed E-state index contributed by atoms with van der Waals surface area (Å²) < 4.78 is 12.1. The van der Waals surface area contributed by atoms with Crippen molar-refractivity contribution in [3.63, 3.8) is 0 Å². The zero-order valence-electron chi connectivity index (χ0n) is 18.2. The summed E-state index contributed by atoms with van der Waals surface area (Å²) in [5.41, 5.74) is 0.0788. The minimum Gasteiger partial charge on any atom is -0.344 e. The Morgan fingerprint density at radius 1 is 1.00 bits per heavy atom. The molecule has 0 bridgehead atoms. The minimum atomic E-state index is -4.52. The number of carbonyl (C=O) groups excluding carboxylic acids is 1. The second kappa shape index (κ2) is 12.5.